The predicted molar refractivity (Wildman–Crippen MR) is 51.8 cm³/mol. The standard InChI is InChI=1S/C9H15N3O/c1-7-4-11-9(13)12(5-7)6-8(2)10-3/h4-5,8,10H,6H2,1-3H3. The molecule has 0 radical (unpaired) electrons. The molecule has 0 aliphatic rings. The molecular formula is C9H15N3O. The number of likely N-dealkylation sites (N-methyl/N-ethyl adjacent to an activating group) is 1. The molecule has 4 heteroatoms. The Balaban J connectivity index is 2.87. The van der Waals surface area contributed by atoms with Crippen molar-refractivity contribution in [2.24, 2.45) is 0 Å². The van der Waals surface area contributed by atoms with Crippen molar-refractivity contribution in [2.75, 3.05) is 7.05 Å². The first-order valence-corrected chi connectivity index (χ1v) is 4.34. The highest BCUT2D eigenvalue weighted by atomic mass is 16.1. The lowest BCUT2D eigenvalue weighted by atomic mass is 10.3. The van der Waals surface area contributed by atoms with E-state index < -0.39 is 0 Å². The van der Waals surface area contributed by atoms with Crippen LogP contribution in [0.5, 0.6) is 0 Å². The molecule has 1 unspecified atom stereocenters. The van der Waals surface area contributed by atoms with Crippen LogP contribution in [-0.2, 0) is 6.54 Å². The molecule has 13 heavy (non-hydrogen) atoms. The van der Waals surface area contributed by atoms with E-state index in [-0.39, 0.29) is 11.7 Å². The van der Waals surface area contributed by atoms with Crippen LogP contribution in [0.4, 0.5) is 0 Å². The monoisotopic (exact) mass is 181 g/mol. The summed E-state index contributed by atoms with van der Waals surface area (Å²) in [6.07, 6.45) is 3.41. The average Bonchev–Trinajstić information content (AvgIpc) is 2.11. The van der Waals surface area contributed by atoms with Crippen LogP contribution in [0.3, 0.4) is 0 Å². The van der Waals surface area contributed by atoms with Crippen LogP contribution in [0, 0.1) is 6.92 Å². The van der Waals surface area contributed by atoms with Gasteiger partial charge in [0.2, 0.25) is 0 Å². The molecule has 0 bridgehead atoms. The molecule has 1 heterocycles. The minimum Gasteiger partial charge on any atom is -0.315 e. The van der Waals surface area contributed by atoms with Crippen molar-refractivity contribution in [3.05, 3.63) is 28.4 Å². The van der Waals surface area contributed by atoms with Crippen LogP contribution >= 0.6 is 0 Å². The lowest BCUT2D eigenvalue weighted by Gasteiger charge is -2.11. The number of rotatable bonds is 3. The molecule has 0 aliphatic carbocycles. The molecule has 0 amide bonds. The molecule has 1 atom stereocenters. The van der Waals surface area contributed by atoms with Gasteiger partial charge in [-0.25, -0.2) is 9.78 Å². The maximum absolute atomic E-state index is 11.2. The second-order valence-corrected chi connectivity index (χ2v) is 3.26. The summed E-state index contributed by atoms with van der Waals surface area (Å²) in [5.41, 5.74) is 0.815. The van der Waals surface area contributed by atoms with Crippen molar-refractivity contribution in [3.8, 4) is 0 Å². The van der Waals surface area contributed by atoms with Crippen molar-refractivity contribution in [1.29, 1.82) is 0 Å². The zero-order chi connectivity index (χ0) is 9.84. The Kier molecular flexibility index (Phi) is 3.19. The summed E-state index contributed by atoms with van der Waals surface area (Å²) >= 11 is 0. The normalized spacial score (nSPS) is 12.8. The van der Waals surface area contributed by atoms with Gasteiger partial charge in [0.05, 0.1) is 0 Å². The summed E-state index contributed by atoms with van der Waals surface area (Å²) in [5.74, 6) is 0. The van der Waals surface area contributed by atoms with Crippen LogP contribution in [0.2, 0.25) is 0 Å². The predicted octanol–water partition coefficient (Wildman–Crippen LogP) is 0.160. The van der Waals surface area contributed by atoms with Crippen molar-refractivity contribution >= 4 is 0 Å². The third-order valence-electron chi connectivity index (χ3n) is 1.95. The third-order valence-corrected chi connectivity index (χ3v) is 1.95. The highest BCUT2D eigenvalue weighted by Gasteiger charge is 2.01. The lowest BCUT2D eigenvalue weighted by molar-refractivity contribution is 0.497. The first-order chi connectivity index (χ1) is 6.13. The molecule has 1 rings (SSSR count). The van der Waals surface area contributed by atoms with Crippen LogP contribution in [-0.4, -0.2) is 22.6 Å². The number of hydrogen-bond donors (Lipinski definition) is 1. The van der Waals surface area contributed by atoms with Crippen molar-refractivity contribution < 1.29 is 0 Å². The van der Waals surface area contributed by atoms with Gasteiger partial charge in [-0.2, -0.15) is 0 Å². The third kappa shape index (κ3) is 2.66. The summed E-state index contributed by atoms with van der Waals surface area (Å²) in [6, 6.07) is 0.279. The number of nitrogens with zero attached hydrogens (tertiary/aromatic N) is 2. The van der Waals surface area contributed by atoms with E-state index >= 15 is 0 Å². The van der Waals surface area contributed by atoms with Gasteiger partial charge in [0.15, 0.2) is 0 Å². The van der Waals surface area contributed by atoms with E-state index in [0.717, 1.165) is 5.56 Å². The summed E-state index contributed by atoms with van der Waals surface area (Å²) < 4.78 is 1.62. The average molecular weight is 181 g/mol. The molecule has 72 valence electrons. The van der Waals surface area contributed by atoms with Gasteiger partial charge in [0.1, 0.15) is 0 Å². The Morgan fingerprint density at radius 3 is 3.00 bits per heavy atom. The molecule has 0 spiro atoms. The number of nitrogens with one attached hydrogen (secondary N) is 1. The molecule has 1 aromatic rings. The Hall–Kier alpha value is -1.16. The van der Waals surface area contributed by atoms with Crippen LogP contribution in [0.1, 0.15) is 12.5 Å². The summed E-state index contributed by atoms with van der Waals surface area (Å²) in [6.45, 7) is 4.60. The van der Waals surface area contributed by atoms with E-state index in [0.29, 0.717) is 6.54 Å². The molecular weight excluding hydrogens is 166 g/mol. The highest BCUT2D eigenvalue weighted by molar-refractivity contribution is 4.99. The number of aryl methyl sites for hydroxylation is 1. The minimum atomic E-state index is -0.187. The first-order valence-electron chi connectivity index (χ1n) is 4.34. The quantitative estimate of drug-likeness (QED) is 0.722. The summed E-state index contributed by atoms with van der Waals surface area (Å²) in [7, 11) is 1.87. The van der Waals surface area contributed by atoms with Gasteiger partial charge in [-0.1, -0.05) is 0 Å². The number of hydrogen-bond acceptors (Lipinski definition) is 3. The summed E-state index contributed by atoms with van der Waals surface area (Å²) in [5, 5.41) is 3.07. The lowest BCUT2D eigenvalue weighted by Crippen LogP contribution is -2.33. The van der Waals surface area contributed by atoms with Gasteiger partial charge in [-0.05, 0) is 26.5 Å². The molecule has 4 nitrogen and oxygen atoms in total. The van der Waals surface area contributed by atoms with Gasteiger partial charge in [-0.3, -0.25) is 4.57 Å². The molecule has 0 saturated carbocycles. The van der Waals surface area contributed by atoms with Crippen molar-refractivity contribution in [3.63, 3.8) is 0 Å². The molecule has 0 saturated heterocycles. The zero-order valence-electron chi connectivity index (χ0n) is 8.24. The van der Waals surface area contributed by atoms with E-state index in [9.17, 15) is 4.79 Å². The van der Waals surface area contributed by atoms with E-state index in [1.165, 1.54) is 0 Å². The minimum absolute atomic E-state index is 0.187. The Morgan fingerprint density at radius 1 is 1.69 bits per heavy atom. The maximum atomic E-state index is 11.2. The van der Waals surface area contributed by atoms with Crippen LogP contribution in [0.15, 0.2) is 17.2 Å². The van der Waals surface area contributed by atoms with Gasteiger partial charge < -0.3 is 5.32 Å². The topological polar surface area (TPSA) is 46.9 Å². The zero-order valence-corrected chi connectivity index (χ0v) is 8.24. The Morgan fingerprint density at radius 2 is 2.38 bits per heavy atom. The fourth-order valence-corrected chi connectivity index (χ4v) is 1.08. The van der Waals surface area contributed by atoms with Crippen LogP contribution < -0.4 is 11.0 Å². The highest BCUT2D eigenvalue weighted by Crippen LogP contribution is 1.91. The molecule has 0 fully saturated rings. The largest absolute Gasteiger partial charge is 0.347 e. The second-order valence-electron chi connectivity index (χ2n) is 3.26. The molecule has 1 aromatic heterocycles. The first kappa shape index (κ1) is 9.92. The van der Waals surface area contributed by atoms with Crippen molar-refractivity contribution in [1.82, 2.24) is 14.9 Å². The van der Waals surface area contributed by atoms with E-state index in [4.69, 9.17) is 0 Å². The Labute approximate surface area is 77.6 Å². The smallest absolute Gasteiger partial charge is 0.315 e. The van der Waals surface area contributed by atoms with Crippen molar-refractivity contribution in [2.45, 2.75) is 26.4 Å². The molecule has 0 aliphatic heterocycles. The van der Waals surface area contributed by atoms with E-state index in [2.05, 4.69) is 10.3 Å². The van der Waals surface area contributed by atoms with Gasteiger partial charge in [-0.15, -0.1) is 0 Å². The maximum Gasteiger partial charge on any atom is 0.347 e. The fraction of sp³-hybridized carbons (Fsp3) is 0.556. The van der Waals surface area contributed by atoms with Crippen LogP contribution in [0.25, 0.3) is 0 Å². The van der Waals surface area contributed by atoms with Gasteiger partial charge in [0.25, 0.3) is 0 Å². The fourth-order valence-electron chi connectivity index (χ4n) is 1.08. The molecule has 0 aromatic carbocycles. The Bertz CT molecular complexity index is 332. The van der Waals surface area contributed by atoms with E-state index in [1.807, 2.05) is 27.1 Å². The van der Waals surface area contributed by atoms with Gasteiger partial charge in [0, 0.05) is 25.0 Å². The molecule has 1 N–H and O–H groups in total. The van der Waals surface area contributed by atoms with E-state index in [1.54, 1.807) is 10.8 Å². The SMILES string of the molecule is CNC(C)Cn1cc(C)cnc1=O. The number of aromatic nitrogens is 2. The second kappa shape index (κ2) is 4.18. The van der Waals surface area contributed by atoms with Gasteiger partial charge >= 0.3 is 5.69 Å². The summed E-state index contributed by atoms with van der Waals surface area (Å²) in [4.78, 5) is 15.0.